The van der Waals surface area contributed by atoms with E-state index in [0.717, 1.165) is 56.0 Å². The van der Waals surface area contributed by atoms with Gasteiger partial charge in [0.1, 0.15) is 5.75 Å². The van der Waals surface area contributed by atoms with Crippen LogP contribution in [0.2, 0.25) is 0 Å². The summed E-state index contributed by atoms with van der Waals surface area (Å²) < 4.78 is 5.81. The maximum atomic E-state index is 5.81. The third-order valence-corrected chi connectivity index (χ3v) is 4.35. The van der Waals surface area contributed by atoms with E-state index >= 15 is 0 Å². The number of hydrogen-bond donors (Lipinski definition) is 0. The molecule has 3 rings (SSSR count). The van der Waals surface area contributed by atoms with Crippen LogP contribution >= 0.6 is 0 Å². The van der Waals surface area contributed by atoms with E-state index in [9.17, 15) is 0 Å². The predicted octanol–water partition coefficient (Wildman–Crippen LogP) is 4.08. The van der Waals surface area contributed by atoms with Gasteiger partial charge in [0, 0.05) is 31.0 Å². The second-order valence-electron chi connectivity index (χ2n) is 6.82. The minimum absolute atomic E-state index is 0.746. The molecular weight excluding hydrogens is 322 g/mol. The fourth-order valence-corrected chi connectivity index (χ4v) is 3.03. The molecule has 0 unspecified atom stereocenters. The second kappa shape index (κ2) is 9.30. The van der Waals surface area contributed by atoms with E-state index in [1.165, 1.54) is 11.1 Å². The molecule has 1 aliphatic rings. The molecule has 4 heteroatoms. The maximum Gasteiger partial charge on any atom is 0.119 e. The van der Waals surface area contributed by atoms with Gasteiger partial charge in [-0.2, -0.15) is 0 Å². The fraction of sp³-hybridized carbons (Fsp3) is 0.364. The summed E-state index contributed by atoms with van der Waals surface area (Å²) in [4.78, 5) is 11.1. The Morgan fingerprint density at radius 1 is 1.15 bits per heavy atom. The molecule has 0 fully saturated rings. The standard InChI is InChI=1S/C22H27N3O/c1-25(2)14-5-15-26-21-10-8-18(9-11-21)16-19-6-4-13-24-22(19)20-7-3-12-23-17-20/h3,7-12,16-17H,4-6,13-15H2,1-2H3/b19-16+. The van der Waals surface area contributed by atoms with Crippen molar-refractivity contribution >= 4 is 11.8 Å². The zero-order valence-electron chi connectivity index (χ0n) is 15.7. The molecule has 1 aromatic carbocycles. The fourth-order valence-electron chi connectivity index (χ4n) is 3.03. The lowest BCUT2D eigenvalue weighted by Gasteiger charge is -2.16. The van der Waals surface area contributed by atoms with Crippen molar-refractivity contribution in [3.63, 3.8) is 0 Å². The Morgan fingerprint density at radius 3 is 2.73 bits per heavy atom. The highest BCUT2D eigenvalue weighted by molar-refractivity contribution is 6.15. The smallest absolute Gasteiger partial charge is 0.119 e. The van der Waals surface area contributed by atoms with Gasteiger partial charge >= 0.3 is 0 Å². The van der Waals surface area contributed by atoms with E-state index in [2.05, 4.69) is 48.3 Å². The molecule has 0 radical (unpaired) electrons. The number of benzene rings is 1. The monoisotopic (exact) mass is 349 g/mol. The SMILES string of the molecule is CN(C)CCCOc1ccc(/C=C2\CCCN=C2c2cccnc2)cc1. The molecule has 1 aromatic heterocycles. The van der Waals surface area contributed by atoms with Crippen LogP contribution in [0.5, 0.6) is 5.75 Å². The van der Waals surface area contributed by atoms with Crippen LogP contribution < -0.4 is 4.74 Å². The normalized spacial score (nSPS) is 16.0. The lowest BCUT2D eigenvalue weighted by atomic mass is 9.95. The van der Waals surface area contributed by atoms with Crippen LogP contribution in [0.1, 0.15) is 30.4 Å². The minimum atomic E-state index is 0.746. The quantitative estimate of drug-likeness (QED) is 0.707. The van der Waals surface area contributed by atoms with Crippen molar-refractivity contribution in [2.24, 2.45) is 4.99 Å². The number of ether oxygens (including phenoxy) is 1. The number of rotatable bonds is 7. The van der Waals surface area contributed by atoms with Gasteiger partial charge < -0.3 is 9.64 Å². The van der Waals surface area contributed by atoms with Crippen LogP contribution in [0.3, 0.4) is 0 Å². The van der Waals surface area contributed by atoms with E-state index < -0.39 is 0 Å². The summed E-state index contributed by atoms with van der Waals surface area (Å²) in [6.07, 6.45) is 9.11. The van der Waals surface area contributed by atoms with Gasteiger partial charge in [0.25, 0.3) is 0 Å². The summed E-state index contributed by atoms with van der Waals surface area (Å²) in [5.41, 5.74) is 4.63. The first kappa shape index (κ1) is 18.3. The highest BCUT2D eigenvalue weighted by Gasteiger charge is 2.14. The summed E-state index contributed by atoms with van der Waals surface area (Å²) in [5.74, 6) is 0.927. The van der Waals surface area contributed by atoms with Gasteiger partial charge in [-0.05, 0) is 74.8 Å². The number of pyridine rings is 1. The molecule has 4 nitrogen and oxygen atoms in total. The summed E-state index contributed by atoms with van der Waals surface area (Å²) in [6.45, 7) is 2.68. The van der Waals surface area contributed by atoms with Crippen molar-refractivity contribution < 1.29 is 4.74 Å². The lowest BCUT2D eigenvalue weighted by Crippen LogP contribution is -2.15. The molecule has 2 heterocycles. The topological polar surface area (TPSA) is 37.7 Å². The lowest BCUT2D eigenvalue weighted by molar-refractivity contribution is 0.281. The molecule has 136 valence electrons. The van der Waals surface area contributed by atoms with E-state index in [1.54, 1.807) is 6.20 Å². The largest absolute Gasteiger partial charge is 0.494 e. The Morgan fingerprint density at radius 2 is 2.00 bits per heavy atom. The Balaban J connectivity index is 1.67. The zero-order chi connectivity index (χ0) is 18.2. The third kappa shape index (κ3) is 5.27. The van der Waals surface area contributed by atoms with Crippen molar-refractivity contribution in [2.45, 2.75) is 19.3 Å². The highest BCUT2D eigenvalue weighted by atomic mass is 16.5. The van der Waals surface area contributed by atoms with E-state index in [-0.39, 0.29) is 0 Å². The molecule has 0 N–H and O–H groups in total. The van der Waals surface area contributed by atoms with E-state index in [1.807, 2.05) is 24.4 Å². The molecule has 0 amide bonds. The van der Waals surface area contributed by atoms with Crippen molar-refractivity contribution in [1.82, 2.24) is 9.88 Å². The van der Waals surface area contributed by atoms with Crippen LogP contribution in [0.4, 0.5) is 0 Å². The molecule has 26 heavy (non-hydrogen) atoms. The number of hydrogen-bond acceptors (Lipinski definition) is 4. The van der Waals surface area contributed by atoms with Gasteiger partial charge in [0.15, 0.2) is 0 Å². The molecular formula is C22H27N3O. The number of nitrogens with zero attached hydrogens (tertiary/aromatic N) is 3. The van der Waals surface area contributed by atoms with Gasteiger partial charge in [0.2, 0.25) is 0 Å². The van der Waals surface area contributed by atoms with Gasteiger partial charge in [-0.25, -0.2) is 0 Å². The van der Waals surface area contributed by atoms with Crippen molar-refractivity contribution in [2.75, 3.05) is 33.8 Å². The average Bonchev–Trinajstić information content (AvgIpc) is 2.67. The van der Waals surface area contributed by atoms with Crippen LogP contribution in [0.25, 0.3) is 6.08 Å². The van der Waals surface area contributed by atoms with E-state index in [0.29, 0.717) is 0 Å². The molecule has 0 bridgehead atoms. The summed E-state index contributed by atoms with van der Waals surface area (Å²) in [6, 6.07) is 12.4. The van der Waals surface area contributed by atoms with Crippen LogP contribution in [0, 0.1) is 0 Å². The Labute approximate surface area is 156 Å². The van der Waals surface area contributed by atoms with Gasteiger partial charge in [-0.1, -0.05) is 12.1 Å². The van der Waals surface area contributed by atoms with E-state index in [4.69, 9.17) is 9.73 Å². The molecule has 0 atom stereocenters. The second-order valence-corrected chi connectivity index (χ2v) is 6.82. The number of aliphatic imine (C=N–C) groups is 1. The van der Waals surface area contributed by atoms with Gasteiger partial charge in [-0.3, -0.25) is 9.98 Å². The molecule has 0 saturated carbocycles. The van der Waals surface area contributed by atoms with Crippen LogP contribution in [0.15, 0.2) is 59.4 Å². The van der Waals surface area contributed by atoms with Crippen LogP contribution in [-0.4, -0.2) is 49.4 Å². The first-order valence-electron chi connectivity index (χ1n) is 9.26. The minimum Gasteiger partial charge on any atom is -0.494 e. The third-order valence-electron chi connectivity index (χ3n) is 4.35. The van der Waals surface area contributed by atoms with Gasteiger partial charge in [0.05, 0.1) is 12.3 Å². The highest BCUT2D eigenvalue weighted by Crippen LogP contribution is 2.23. The predicted molar refractivity (Wildman–Crippen MR) is 108 cm³/mol. The van der Waals surface area contributed by atoms with Crippen LogP contribution in [-0.2, 0) is 0 Å². The average molecular weight is 349 g/mol. The Hall–Kier alpha value is -2.46. The molecule has 1 aliphatic heterocycles. The first-order chi connectivity index (χ1) is 12.7. The summed E-state index contributed by atoms with van der Waals surface area (Å²) >= 11 is 0. The Kier molecular flexibility index (Phi) is 6.56. The van der Waals surface area contributed by atoms with Gasteiger partial charge in [-0.15, -0.1) is 0 Å². The first-order valence-corrected chi connectivity index (χ1v) is 9.26. The van der Waals surface area contributed by atoms with Crippen molar-refractivity contribution in [3.05, 3.63) is 65.5 Å². The van der Waals surface area contributed by atoms with Crippen molar-refractivity contribution in [1.29, 1.82) is 0 Å². The molecule has 2 aromatic rings. The van der Waals surface area contributed by atoms with Crippen molar-refractivity contribution in [3.8, 4) is 5.75 Å². The molecule has 0 saturated heterocycles. The number of allylic oxidation sites excluding steroid dienone is 1. The summed E-state index contributed by atoms with van der Waals surface area (Å²) in [7, 11) is 4.16. The Bertz CT molecular complexity index is 749. The zero-order valence-corrected chi connectivity index (χ0v) is 15.7. The summed E-state index contributed by atoms with van der Waals surface area (Å²) in [5, 5.41) is 0. The maximum absolute atomic E-state index is 5.81. The molecule has 0 spiro atoms. The molecule has 0 aliphatic carbocycles. The number of aromatic nitrogens is 1.